The van der Waals surface area contributed by atoms with Gasteiger partial charge < -0.3 is 34.2 Å². The van der Waals surface area contributed by atoms with Gasteiger partial charge >= 0.3 is 33.6 Å². The van der Waals surface area contributed by atoms with Gasteiger partial charge in [-0.05, 0) is 141 Å². The van der Waals surface area contributed by atoms with Gasteiger partial charge in [-0.15, -0.1) is 0 Å². The summed E-state index contributed by atoms with van der Waals surface area (Å²) in [5.74, 6) is -1.60. The number of aliphatic hydroxyl groups excluding tert-OH is 2. The first-order valence-electron chi connectivity index (χ1n) is 41.8. The summed E-state index contributed by atoms with van der Waals surface area (Å²) in [5, 5.41) is 20.7. The quantitative estimate of drug-likeness (QED) is 0.0146. The molecule has 0 aromatic rings. The van der Waals surface area contributed by atoms with Gasteiger partial charge in [0.1, 0.15) is 25.4 Å². The number of phosphoric ester groups is 2. The minimum Gasteiger partial charge on any atom is -0.463 e. The summed E-state index contributed by atoms with van der Waals surface area (Å²) in [7, 11) is -9.80. The smallest absolute Gasteiger partial charge is 0.463 e. The molecule has 0 bridgehead atoms. The van der Waals surface area contributed by atoms with Crippen LogP contribution in [0.3, 0.4) is 0 Å². The summed E-state index contributed by atoms with van der Waals surface area (Å²) in [5.41, 5.74) is 0. The number of allylic oxidation sites excluding steroid dienone is 20. The number of unbranched alkanes of at least 4 members (excludes halogenated alkanes) is 36. The second kappa shape index (κ2) is 79.5. The first-order valence-corrected chi connectivity index (χ1v) is 44.8. The third-order valence-corrected chi connectivity index (χ3v) is 19.5. The van der Waals surface area contributed by atoms with Crippen LogP contribution in [-0.4, -0.2) is 95.9 Å². The highest BCUT2D eigenvalue weighted by molar-refractivity contribution is 7.47. The second-order valence-corrected chi connectivity index (χ2v) is 30.8. The van der Waals surface area contributed by atoms with Crippen LogP contribution in [0.1, 0.15) is 355 Å². The lowest BCUT2D eigenvalue weighted by Gasteiger charge is -2.21. The molecule has 105 heavy (non-hydrogen) atoms. The zero-order valence-electron chi connectivity index (χ0n) is 66.4. The molecule has 0 amide bonds. The Labute approximate surface area is 640 Å². The number of hydrogen-bond acceptors (Lipinski definition) is 14. The number of esters is 3. The van der Waals surface area contributed by atoms with Crippen molar-refractivity contribution in [3.63, 3.8) is 0 Å². The van der Waals surface area contributed by atoms with E-state index in [1.165, 1.54) is 148 Å². The predicted molar refractivity (Wildman–Crippen MR) is 436 cm³/mol. The minimum atomic E-state index is -4.94. The molecule has 0 saturated heterocycles. The largest absolute Gasteiger partial charge is 0.472 e. The van der Waals surface area contributed by atoms with Crippen LogP contribution in [0.4, 0.5) is 0 Å². The van der Waals surface area contributed by atoms with Crippen LogP contribution in [0, 0.1) is 0 Å². The lowest BCUT2D eigenvalue weighted by atomic mass is 10.0. The van der Waals surface area contributed by atoms with Gasteiger partial charge in [0.05, 0.1) is 26.4 Å². The third kappa shape index (κ3) is 80.8. The first-order chi connectivity index (χ1) is 51.2. The van der Waals surface area contributed by atoms with Crippen LogP contribution >= 0.6 is 15.6 Å². The fourth-order valence-electron chi connectivity index (χ4n) is 11.2. The zero-order valence-corrected chi connectivity index (χ0v) is 68.2. The summed E-state index contributed by atoms with van der Waals surface area (Å²) in [6, 6.07) is 0. The fourth-order valence-corrected chi connectivity index (χ4v) is 12.8. The number of carbonyl (C=O) groups is 3. The highest BCUT2D eigenvalue weighted by atomic mass is 31.2. The van der Waals surface area contributed by atoms with Crippen LogP contribution in [-0.2, 0) is 55.8 Å². The molecule has 0 aliphatic carbocycles. The molecule has 0 radical (unpaired) electrons. The summed E-state index contributed by atoms with van der Waals surface area (Å²) >= 11 is 0. The van der Waals surface area contributed by atoms with Crippen LogP contribution in [0.5, 0.6) is 0 Å². The molecule has 0 aliphatic heterocycles. The Balaban J connectivity index is 4.50. The predicted octanol–water partition coefficient (Wildman–Crippen LogP) is 24.9. The summed E-state index contributed by atoms with van der Waals surface area (Å²) < 4.78 is 61.2. The highest BCUT2D eigenvalue weighted by Crippen LogP contribution is 2.45. The van der Waals surface area contributed by atoms with E-state index in [0.717, 1.165) is 148 Å². The Kier molecular flexibility index (Phi) is 76.4. The van der Waals surface area contributed by atoms with E-state index in [1.807, 2.05) is 0 Å². The van der Waals surface area contributed by atoms with Gasteiger partial charge in [-0.1, -0.05) is 316 Å². The number of aliphatic hydroxyl groups is 2. The number of hydrogen-bond donors (Lipinski definition) is 4. The van der Waals surface area contributed by atoms with Crippen molar-refractivity contribution in [2.45, 2.75) is 373 Å². The minimum absolute atomic E-state index is 0.0846. The lowest BCUT2D eigenvalue weighted by molar-refractivity contribution is -0.161. The molecule has 5 unspecified atom stereocenters. The fraction of sp³-hybridized carbons (Fsp3) is 0.736. The Morgan fingerprint density at radius 2 is 0.476 bits per heavy atom. The topological polar surface area (TPSA) is 231 Å². The lowest BCUT2D eigenvalue weighted by Crippen LogP contribution is -2.30. The molecule has 606 valence electrons. The molecule has 0 aromatic carbocycles. The SMILES string of the molecule is CCCCC/C=C\C/C=C\C/C=C\C/C=C\CCCCCCCCCCCCCCCCCC(=O)OCC(O)COP(=O)(O)OCC(O)COP(=O)(O)OCC(COC(=O)CCCCCCCCC/C=C\C/C=C\C/C=C\C/C=C\CCCCC)OC(=O)CCCCCCC/C=C\C/C=C\CCCCC. The molecule has 0 aliphatic rings. The van der Waals surface area contributed by atoms with Crippen molar-refractivity contribution >= 4 is 33.6 Å². The molecule has 0 heterocycles. The summed E-state index contributed by atoms with van der Waals surface area (Å²) in [6.07, 6.45) is 95.3. The average Bonchev–Trinajstić information content (AvgIpc) is 0.965. The highest BCUT2D eigenvalue weighted by Gasteiger charge is 2.29. The molecular weight excluding hydrogens is 1360 g/mol. The molecule has 16 nitrogen and oxygen atoms in total. The van der Waals surface area contributed by atoms with Gasteiger partial charge in [-0.2, -0.15) is 0 Å². The average molecular weight is 1520 g/mol. The first kappa shape index (κ1) is 101. The van der Waals surface area contributed by atoms with E-state index in [1.54, 1.807) is 0 Å². The Hall–Kier alpha value is -4.05. The van der Waals surface area contributed by atoms with Crippen molar-refractivity contribution in [3.05, 3.63) is 122 Å². The van der Waals surface area contributed by atoms with Crippen molar-refractivity contribution in [1.82, 2.24) is 0 Å². The van der Waals surface area contributed by atoms with Crippen LogP contribution < -0.4 is 0 Å². The van der Waals surface area contributed by atoms with Gasteiger partial charge in [0.15, 0.2) is 6.10 Å². The van der Waals surface area contributed by atoms with Crippen LogP contribution in [0.2, 0.25) is 0 Å². The molecular formula is C87H152O16P2. The molecule has 5 atom stereocenters. The van der Waals surface area contributed by atoms with Gasteiger partial charge in [-0.25, -0.2) is 9.13 Å². The van der Waals surface area contributed by atoms with Gasteiger partial charge in [0, 0.05) is 19.3 Å². The van der Waals surface area contributed by atoms with E-state index >= 15 is 0 Å². The molecule has 0 aromatic heterocycles. The monoisotopic (exact) mass is 1520 g/mol. The van der Waals surface area contributed by atoms with Gasteiger partial charge in [0.25, 0.3) is 0 Å². The Bertz CT molecular complexity index is 2390. The summed E-state index contributed by atoms with van der Waals surface area (Å²) in [6.45, 7) is 2.60. The molecule has 18 heteroatoms. The van der Waals surface area contributed by atoms with E-state index in [0.29, 0.717) is 19.3 Å². The van der Waals surface area contributed by atoms with E-state index < -0.39 is 91.5 Å². The molecule has 0 saturated carbocycles. The molecule has 0 spiro atoms. The van der Waals surface area contributed by atoms with Crippen molar-refractivity contribution in [3.8, 4) is 0 Å². The third-order valence-electron chi connectivity index (χ3n) is 17.6. The normalized spacial score (nSPS) is 14.5. The van der Waals surface area contributed by atoms with Crippen molar-refractivity contribution < 1.29 is 75.8 Å². The van der Waals surface area contributed by atoms with Crippen molar-refractivity contribution in [2.75, 3.05) is 39.6 Å². The standard InChI is InChI=1S/C87H152O16P2/c1-4-7-10-13-16-19-22-25-28-30-32-34-36-37-38-39-40-41-42-43-45-47-48-50-53-55-58-61-64-67-70-73-85(90)97-76-82(88)77-99-104(93,94)100-78-83(89)79-101-105(95,96)102-81-84(103-87(92)75-72-69-66-63-60-57-52-27-24-21-18-15-12-9-6-3)80-98-86(91)74-71-68-65-62-59-56-54-51-49-46-44-35-33-31-29-26-23-20-17-14-11-8-5-2/h16-21,25-29,32-35,37-38,46,49,52,82-84,88-89H,4-15,22-24,30-31,36,39-45,47-48,50-51,53-81H2,1-3H3,(H,93,94)(H,95,96)/b19-16-,20-17-,21-18-,28-25-,29-26-,34-32-,35-33-,38-37-,49-46-,52-27-. The van der Waals surface area contributed by atoms with Crippen LogP contribution in [0.25, 0.3) is 0 Å². The van der Waals surface area contributed by atoms with Crippen molar-refractivity contribution in [2.24, 2.45) is 0 Å². The van der Waals surface area contributed by atoms with E-state index in [2.05, 4.69) is 142 Å². The Morgan fingerprint density at radius 3 is 0.752 bits per heavy atom. The molecule has 4 N–H and O–H groups in total. The van der Waals surface area contributed by atoms with Gasteiger partial charge in [-0.3, -0.25) is 32.5 Å². The molecule has 0 rings (SSSR count). The van der Waals surface area contributed by atoms with E-state index in [4.69, 9.17) is 32.3 Å². The van der Waals surface area contributed by atoms with E-state index in [9.17, 15) is 43.5 Å². The van der Waals surface area contributed by atoms with Crippen molar-refractivity contribution in [1.29, 1.82) is 0 Å². The van der Waals surface area contributed by atoms with Gasteiger partial charge in [0.2, 0.25) is 0 Å². The zero-order chi connectivity index (χ0) is 76.6. The van der Waals surface area contributed by atoms with E-state index in [-0.39, 0.29) is 19.3 Å². The number of rotatable bonds is 79. The number of ether oxygens (including phenoxy) is 3. The second-order valence-electron chi connectivity index (χ2n) is 27.9. The number of phosphoric acid groups is 2. The number of carbonyl (C=O) groups excluding carboxylic acids is 3. The Morgan fingerprint density at radius 1 is 0.267 bits per heavy atom. The maximum absolute atomic E-state index is 13.0. The maximum Gasteiger partial charge on any atom is 0.472 e. The van der Waals surface area contributed by atoms with Crippen LogP contribution in [0.15, 0.2) is 122 Å². The molecule has 0 fully saturated rings. The maximum atomic E-state index is 13.0. The summed E-state index contributed by atoms with van der Waals surface area (Å²) in [4.78, 5) is 58.7.